The predicted molar refractivity (Wildman–Crippen MR) is 70.8 cm³/mol. The summed E-state index contributed by atoms with van der Waals surface area (Å²) < 4.78 is 0. The second-order valence-corrected chi connectivity index (χ2v) is 4.31. The Morgan fingerprint density at radius 3 is 2.33 bits per heavy atom. The van der Waals surface area contributed by atoms with Gasteiger partial charge in [0, 0.05) is 17.6 Å². The molecule has 0 aromatic heterocycles. The summed E-state index contributed by atoms with van der Waals surface area (Å²) in [6.07, 6.45) is 3.14. The molecule has 1 N–H and O–H groups in total. The van der Waals surface area contributed by atoms with E-state index in [1.807, 2.05) is 12.1 Å². The van der Waals surface area contributed by atoms with Gasteiger partial charge in [0.15, 0.2) is 5.78 Å². The number of rotatable bonds is 7. The van der Waals surface area contributed by atoms with Crippen molar-refractivity contribution in [2.45, 2.75) is 32.6 Å². The van der Waals surface area contributed by atoms with Crippen LogP contribution in [0.25, 0.3) is 0 Å². The minimum Gasteiger partial charge on any atom is -0.478 e. The lowest BCUT2D eigenvalue weighted by Crippen LogP contribution is -2.06. The maximum atomic E-state index is 11.8. The maximum absolute atomic E-state index is 11.8. The zero-order valence-corrected chi connectivity index (χ0v) is 10.6. The first kappa shape index (κ1) is 14.2. The number of aliphatic carboxylic acids is 1. The van der Waals surface area contributed by atoms with E-state index in [1.165, 1.54) is 5.56 Å². The largest absolute Gasteiger partial charge is 0.478 e. The third-order valence-corrected chi connectivity index (χ3v) is 2.77. The minimum atomic E-state index is -1.12. The molecule has 0 spiro atoms. The van der Waals surface area contributed by atoms with E-state index in [2.05, 4.69) is 13.5 Å². The van der Waals surface area contributed by atoms with Crippen LogP contribution in [0.4, 0.5) is 0 Å². The standard InChI is InChI=1S/C15H18O3/c1-3-4-5-12-6-8-13(9-7-12)14(16)10-11(2)15(17)18/h6-9H,2-5,10H2,1H3,(H,17,18). The van der Waals surface area contributed by atoms with Crippen molar-refractivity contribution in [3.8, 4) is 0 Å². The first-order valence-corrected chi connectivity index (χ1v) is 6.07. The van der Waals surface area contributed by atoms with Gasteiger partial charge in [-0.2, -0.15) is 0 Å². The van der Waals surface area contributed by atoms with Gasteiger partial charge >= 0.3 is 5.97 Å². The Bertz CT molecular complexity index is 443. The van der Waals surface area contributed by atoms with E-state index in [-0.39, 0.29) is 17.8 Å². The quantitative estimate of drug-likeness (QED) is 0.593. The van der Waals surface area contributed by atoms with Gasteiger partial charge in [0.05, 0.1) is 0 Å². The van der Waals surface area contributed by atoms with Crippen molar-refractivity contribution >= 4 is 11.8 Å². The summed E-state index contributed by atoms with van der Waals surface area (Å²) in [5.74, 6) is -1.33. The summed E-state index contributed by atoms with van der Waals surface area (Å²) in [5, 5.41) is 8.67. The lowest BCUT2D eigenvalue weighted by molar-refractivity contribution is -0.132. The van der Waals surface area contributed by atoms with E-state index < -0.39 is 5.97 Å². The average molecular weight is 246 g/mol. The van der Waals surface area contributed by atoms with Crippen LogP contribution in [0.5, 0.6) is 0 Å². The number of carboxylic acids is 1. The summed E-state index contributed by atoms with van der Waals surface area (Å²) in [5.41, 5.74) is 1.66. The summed E-state index contributed by atoms with van der Waals surface area (Å²) in [6.45, 7) is 5.49. The first-order valence-electron chi connectivity index (χ1n) is 6.07. The molecule has 1 aromatic rings. The van der Waals surface area contributed by atoms with Crippen molar-refractivity contribution in [2.75, 3.05) is 0 Å². The first-order chi connectivity index (χ1) is 8.54. The molecule has 0 amide bonds. The molecule has 96 valence electrons. The van der Waals surface area contributed by atoms with Crippen molar-refractivity contribution in [3.63, 3.8) is 0 Å². The second-order valence-electron chi connectivity index (χ2n) is 4.31. The van der Waals surface area contributed by atoms with Crippen molar-refractivity contribution in [3.05, 3.63) is 47.5 Å². The molecule has 3 nitrogen and oxygen atoms in total. The van der Waals surface area contributed by atoms with Crippen molar-refractivity contribution in [2.24, 2.45) is 0 Å². The molecule has 0 aliphatic heterocycles. The highest BCUT2D eigenvalue weighted by Crippen LogP contribution is 2.12. The average Bonchev–Trinajstić information content (AvgIpc) is 2.36. The van der Waals surface area contributed by atoms with E-state index in [4.69, 9.17) is 5.11 Å². The molecule has 0 saturated heterocycles. The van der Waals surface area contributed by atoms with Crippen molar-refractivity contribution in [1.82, 2.24) is 0 Å². The van der Waals surface area contributed by atoms with Gasteiger partial charge in [0.2, 0.25) is 0 Å². The van der Waals surface area contributed by atoms with Gasteiger partial charge in [-0.05, 0) is 18.4 Å². The number of Topliss-reactive ketones (excluding diaryl/α,β-unsaturated/α-hetero) is 1. The highest BCUT2D eigenvalue weighted by molar-refractivity contribution is 6.02. The van der Waals surface area contributed by atoms with E-state index in [1.54, 1.807) is 12.1 Å². The Morgan fingerprint density at radius 1 is 1.22 bits per heavy atom. The third kappa shape index (κ3) is 4.17. The number of carbonyl (C=O) groups excluding carboxylic acids is 1. The highest BCUT2D eigenvalue weighted by Gasteiger charge is 2.12. The van der Waals surface area contributed by atoms with Crippen LogP contribution in [0.15, 0.2) is 36.4 Å². The number of carboxylic acid groups (broad SMARTS) is 1. The van der Waals surface area contributed by atoms with E-state index in [0.717, 1.165) is 19.3 Å². The van der Waals surface area contributed by atoms with Crippen molar-refractivity contribution in [1.29, 1.82) is 0 Å². The number of unbranched alkanes of at least 4 members (excludes halogenated alkanes) is 1. The number of hydrogen-bond acceptors (Lipinski definition) is 2. The number of benzene rings is 1. The SMILES string of the molecule is C=C(CC(=O)c1ccc(CCCC)cc1)C(=O)O. The Balaban J connectivity index is 2.64. The zero-order valence-electron chi connectivity index (χ0n) is 10.6. The molecule has 0 atom stereocenters. The summed E-state index contributed by atoms with van der Waals surface area (Å²) >= 11 is 0. The van der Waals surface area contributed by atoms with Crippen LogP contribution < -0.4 is 0 Å². The molecule has 0 aliphatic rings. The number of carbonyl (C=O) groups is 2. The number of ketones is 1. The molecule has 0 saturated carbocycles. The highest BCUT2D eigenvalue weighted by atomic mass is 16.4. The molecule has 1 rings (SSSR count). The molecule has 0 radical (unpaired) electrons. The third-order valence-electron chi connectivity index (χ3n) is 2.77. The van der Waals surface area contributed by atoms with Gasteiger partial charge in [-0.3, -0.25) is 4.79 Å². The van der Waals surface area contributed by atoms with Crippen LogP contribution in [0.1, 0.15) is 42.1 Å². The molecule has 18 heavy (non-hydrogen) atoms. The molecule has 0 bridgehead atoms. The topological polar surface area (TPSA) is 54.4 Å². The molecular weight excluding hydrogens is 228 g/mol. The Hall–Kier alpha value is -1.90. The Labute approximate surface area is 107 Å². The minimum absolute atomic E-state index is 0.0740. The van der Waals surface area contributed by atoms with E-state index >= 15 is 0 Å². The fourth-order valence-corrected chi connectivity index (χ4v) is 1.61. The number of hydrogen-bond donors (Lipinski definition) is 1. The Kier molecular flexibility index (Phi) is 5.31. The molecule has 0 unspecified atom stereocenters. The van der Waals surface area contributed by atoms with Gasteiger partial charge in [-0.1, -0.05) is 44.2 Å². The molecule has 0 aliphatic carbocycles. The second kappa shape index (κ2) is 6.74. The van der Waals surface area contributed by atoms with Gasteiger partial charge < -0.3 is 5.11 Å². The van der Waals surface area contributed by atoms with E-state index in [9.17, 15) is 9.59 Å². The lowest BCUT2D eigenvalue weighted by atomic mass is 10.0. The van der Waals surface area contributed by atoms with Crippen LogP contribution in [-0.4, -0.2) is 16.9 Å². The normalized spacial score (nSPS) is 10.1. The summed E-state index contributed by atoms with van der Waals surface area (Å²) in [7, 11) is 0. The molecule has 1 aromatic carbocycles. The van der Waals surface area contributed by atoms with Crippen LogP contribution >= 0.6 is 0 Å². The smallest absolute Gasteiger partial charge is 0.331 e. The maximum Gasteiger partial charge on any atom is 0.331 e. The molecule has 3 heteroatoms. The molecule has 0 heterocycles. The molecule has 0 fully saturated rings. The van der Waals surface area contributed by atoms with Gasteiger partial charge in [0.1, 0.15) is 0 Å². The fourth-order valence-electron chi connectivity index (χ4n) is 1.61. The zero-order chi connectivity index (χ0) is 13.5. The van der Waals surface area contributed by atoms with Gasteiger partial charge in [0.25, 0.3) is 0 Å². The predicted octanol–water partition coefficient (Wildman–Crippen LogP) is 3.24. The fraction of sp³-hybridized carbons (Fsp3) is 0.333. The van der Waals surface area contributed by atoms with Crippen LogP contribution in [-0.2, 0) is 11.2 Å². The Morgan fingerprint density at radius 2 is 1.83 bits per heavy atom. The van der Waals surface area contributed by atoms with Gasteiger partial charge in [-0.15, -0.1) is 0 Å². The summed E-state index contributed by atoms with van der Waals surface area (Å²) in [6, 6.07) is 7.35. The van der Waals surface area contributed by atoms with Gasteiger partial charge in [-0.25, -0.2) is 4.79 Å². The summed E-state index contributed by atoms with van der Waals surface area (Å²) in [4.78, 5) is 22.3. The van der Waals surface area contributed by atoms with Crippen LogP contribution in [0, 0.1) is 0 Å². The van der Waals surface area contributed by atoms with Crippen LogP contribution in [0.3, 0.4) is 0 Å². The monoisotopic (exact) mass is 246 g/mol. The molecular formula is C15H18O3. The van der Waals surface area contributed by atoms with Crippen molar-refractivity contribution < 1.29 is 14.7 Å². The van der Waals surface area contributed by atoms with Crippen LogP contribution in [0.2, 0.25) is 0 Å². The van der Waals surface area contributed by atoms with E-state index in [0.29, 0.717) is 5.56 Å². The lowest BCUT2D eigenvalue weighted by Gasteiger charge is -2.03. The number of aryl methyl sites for hydroxylation is 1.